The normalized spacial score (nSPS) is 27.2. The Morgan fingerprint density at radius 2 is 1.88 bits per heavy atom. The maximum Gasteiger partial charge on any atom is 0.168 e. The quantitative estimate of drug-likeness (QED) is 0.568. The molecule has 0 amide bonds. The average Bonchev–Trinajstić information content (AvgIpc) is 2.42. The molecule has 0 saturated heterocycles. The number of aliphatic hydroxyl groups is 3. The fourth-order valence-electron chi connectivity index (χ4n) is 3.20. The van der Waals surface area contributed by atoms with Crippen molar-refractivity contribution in [2.75, 3.05) is 0 Å². The van der Waals surface area contributed by atoms with E-state index in [0.29, 0.717) is 6.42 Å². The molecule has 2 atom stereocenters. The van der Waals surface area contributed by atoms with Crippen molar-refractivity contribution in [3.05, 3.63) is 35.1 Å². The molecule has 0 spiro atoms. The monoisotopic (exact) mass is 350 g/mol. The van der Waals surface area contributed by atoms with E-state index in [4.69, 9.17) is 0 Å². The Morgan fingerprint density at radius 1 is 1.24 bits per heavy atom. The Labute approximate surface area is 152 Å². The van der Waals surface area contributed by atoms with E-state index in [0.717, 1.165) is 18.4 Å². The summed E-state index contributed by atoms with van der Waals surface area (Å²) < 4.78 is 0. The number of allylic oxidation sites excluding steroid dienone is 3. The van der Waals surface area contributed by atoms with Crippen LogP contribution in [0.15, 0.2) is 35.1 Å². The Kier molecular flexibility index (Phi) is 7.63. The summed E-state index contributed by atoms with van der Waals surface area (Å²) in [6.07, 6.45) is 7.68. The molecule has 2 unspecified atom stereocenters. The molecular formula is C21H34O4. The summed E-state index contributed by atoms with van der Waals surface area (Å²) in [5, 5.41) is 31.5. The smallest absolute Gasteiger partial charge is 0.168 e. The molecule has 3 N–H and O–H groups in total. The van der Waals surface area contributed by atoms with Gasteiger partial charge >= 0.3 is 0 Å². The van der Waals surface area contributed by atoms with Gasteiger partial charge in [-0.25, -0.2) is 0 Å². The number of hydrogen-bond acceptors (Lipinski definition) is 4. The summed E-state index contributed by atoms with van der Waals surface area (Å²) in [4.78, 5) is 12.4. The van der Waals surface area contributed by atoms with Gasteiger partial charge in [0.05, 0.1) is 11.4 Å². The van der Waals surface area contributed by atoms with Crippen LogP contribution in [0.3, 0.4) is 0 Å². The van der Waals surface area contributed by atoms with Crippen LogP contribution < -0.4 is 0 Å². The van der Waals surface area contributed by atoms with Crippen molar-refractivity contribution in [3.63, 3.8) is 0 Å². The molecule has 0 radical (unpaired) electrons. The van der Waals surface area contributed by atoms with E-state index in [1.54, 1.807) is 0 Å². The molecule has 4 nitrogen and oxygen atoms in total. The van der Waals surface area contributed by atoms with E-state index in [-0.39, 0.29) is 36.7 Å². The minimum Gasteiger partial charge on any atom is -0.512 e. The minimum absolute atomic E-state index is 0.0576. The van der Waals surface area contributed by atoms with Crippen LogP contribution in [-0.2, 0) is 4.79 Å². The number of Topliss-reactive ketones (excluding diaryl/α,β-unsaturated/α-hetero) is 1. The first-order chi connectivity index (χ1) is 11.5. The van der Waals surface area contributed by atoms with Gasteiger partial charge in [-0.2, -0.15) is 0 Å². The highest BCUT2D eigenvalue weighted by Gasteiger charge is 2.46. The lowest BCUT2D eigenvalue weighted by Crippen LogP contribution is -2.49. The molecular weight excluding hydrogens is 316 g/mol. The first kappa shape index (κ1) is 21.7. The molecule has 1 aliphatic carbocycles. The maximum absolute atomic E-state index is 12.4. The molecule has 142 valence electrons. The molecule has 1 rings (SSSR count). The van der Waals surface area contributed by atoms with Crippen molar-refractivity contribution in [2.45, 2.75) is 84.3 Å². The number of hydrogen-bond donors (Lipinski definition) is 3. The first-order valence-corrected chi connectivity index (χ1v) is 9.13. The van der Waals surface area contributed by atoms with Gasteiger partial charge in [0, 0.05) is 19.3 Å². The Hall–Kier alpha value is -1.39. The third-order valence-corrected chi connectivity index (χ3v) is 4.51. The van der Waals surface area contributed by atoms with Crippen LogP contribution in [0, 0.1) is 5.92 Å². The lowest BCUT2D eigenvalue weighted by molar-refractivity contribution is -0.142. The molecule has 0 aromatic heterocycles. The first-order valence-electron chi connectivity index (χ1n) is 9.13. The van der Waals surface area contributed by atoms with Crippen molar-refractivity contribution in [3.8, 4) is 0 Å². The minimum atomic E-state index is -1.79. The Morgan fingerprint density at radius 3 is 2.44 bits per heavy atom. The number of carbonyl (C=O) groups excluding carboxylic acids is 1. The molecule has 0 saturated carbocycles. The number of carbonyl (C=O) groups is 1. The predicted octanol–water partition coefficient (Wildman–Crippen LogP) is 4.38. The zero-order valence-electron chi connectivity index (χ0n) is 16.3. The van der Waals surface area contributed by atoms with Gasteiger partial charge in [-0.05, 0) is 52.0 Å². The Balaban J connectivity index is 2.81. The van der Waals surface area contributed by atoms with Crippen LogP contribution in [-0.4, -0.2) is 32.3 Å². The van der Waals surface area contributed by atoms with E-state index in [1.807, 2.05) is 26.8 Å². The van der Waals surface area contributed by atoms with Crippen molar-refractivity contribution in [1.82, 2.24) is 0 Å². The van der Waals surface area contributed by atoms with E-state index in [9.17, 15) is 20.1 Å². The van der Waals surface area contributed by atoms with Crippen LogP contribution in [0.5, 0.6) is 0 Å². The zero-order chi connectivity index (χ0) is 19.3. The van der Waals surface area contributed by atoms with E-state index in [2.05, 4.69) is 19.9 Å². The summed E-state index contributed by atoms with van der Waals surface area (Å²) in [5.74, 6) is -0.361. The highest BCUT2D eigenvalue weighted by molar-refractivity contribution is 5.89. The molecule has 0 aliphatic heterocycles. The fourth-order valence-corrected chi connectivity index (χ4v) is 3.20. The summed E-state index contributed by atoms with van der Waals surface area (Å²) >= 11 is 0. The number of ketones is 1. The highest BCUT2D eigenvalue weighted by atomic mass is 16.3. The summed E-state index contributed by atoms with van der Waals surface area (Å²) in [5.41, 5.74) is -0.664. The second-order valence-corrected chi connectivity index (χ2v) is 8.23. The molecule has 0 heterocycles. The predicted molar refractivity (Wildman–Crippen MR) is 101 cm³/mol. The van der Waals surface area contributed by atoms with Crippen molar-refractivity contribution in [2.24, 2.45) is 5.92 Å². The Bertz CT molecular complexity index is 566. The highest BCUT2D eigenvalue weighted by Crippen LogP contribution is 2.38. The van der Waals surface area contributed by atoms with Crippen molar-refractivity contribution < 1.29 is 20.1 Å². The molecule has 0 bridgehead atoms. The fraction of sp³-hybridized carbons (Fsp3) is 0.667. The largest absolute Gasteiger partial charge is 0.512 e. The van der Waals surface area contributed by atoms with Gasteiger partial charge < -0.3 is 15.3 Å². The van der Waals surface area contributed by atoms with Crippen LogP contribution in [0.2, 0.25) is 0 Å². The lowest BCUT2D eigenvalue weighted by atomic mass is 9.74. The number of rotatable bonds is 8. The molecule has 25 heavy (non-hydrogen) atoms. The lowest BCUT2D eigenvalue weighted by Gasteiger charge is -2.38. The molecule has 1 aliphatic rings. The molecule has 0 aromatic rings. The van der Waals surface area contributed by atoms with E-state index in [1.165, 1.54) is 11.6 Å². The van der Waals surface area contributed by atoms with Crippen molar-refractivity contribution >= 4 is 5.78 Å². The van der Waals surface area contributed by atoms with Gasteiger partial charge in [0.15, 0.2) is 5.78 Å². The van der Waals surface area contributed by atoms with Crippen LogP contribution in [0.1, 0.15) is 73.1 Å². The SMILES string of the molecule is CC(C)=CCC/C(C)=C/CC1(O)CC(O)=CC(O)(C(=O)CC(C)C)C1. The topological polar surface area (TPSA) is 77.8 Å². The van der Waals surface area contributed by atoms with Crippen LogP contribution >= 0.6 is 0 Å². The van der Waals surface area contributed by atoms with E-state index < -0.39 is 11.2 Å². The summed E-state index contributed by atoms with van der Waals surface area (Å²) in [7, 11) is 0. The zero-order valence-corrected chi connectivity index (χ0v) is 16.3. The van der Waals surface area contributed by atoms with Crippen LogP contribution in [0.4, 0.5) is 0 Å². The third kappa shape index (κ3) is 7.17. The van der Waals surface area contributed by atoms with Gasteiger partial charge in [-0.15, -0.1) is 0 Å². The van der Waals surface area contributed by atoms with Gasteiger partial charge in [0.2, 0.25) is 0 Å². The van der Waals surface area contributed by atoms with Gasteiger partial charge in [0.1, 0.15) is 5.60 Å². The average molecular weight is 350 g/mol. The molecule has 4 heteroatoms. The van der Waals surface area contributed by atoms with Gasteiger partial charge in [0.25, 0.3) is 0 Å². The van der Waals surface area contributed by atoms with Gasteiger partial charge in [-0.1, -0.05) is 37.1 Å². The van der Waals surface area contributed by atoms with Crippen molar-refractivity contribution in [1.29, 1.82) is 0 Å². The second kappa shape index (κ2) is 8.81. The second-order valence-electron chi connectivity index (χ2n) is 8.23. The van der Waals surface area contributed by atoms with Gasteiger partial charge in [-0.3, -0.25) is 4.79 Å². The third-order valence-electron chi connectivity index (χ3n) is 4.51. The summed E-state index contributed by atoms with van der Waals surface area (Å²) in [6.45, 7) is 9.94. The van der Waals surface area contributed by atoms with Crippen LogP contribution in [0.25, 0.3) is 0 Å². The maximum atomic E-state index is 12.4. The van der Waals surface area contributed by atoms with E-state index >= 15 is 0 Å². The molecule has 0 fully saturated rings. The number of aliphatic hydroxyl groups excluding tert-OH is 1. The molecule has 0 aromatic carbocycles. The standard InChI is InChI=1S/C21H34O4/c1-15(2)7-6-8-17(5)9-10-20(24)12-18(22)13-21(25,14-20)19(23)11-16(3)4/h7,9,13,16,22,24-25H,6,8,10-12,14H2,1-5H3/b17-9+. The summed E-state index contributed by atoms with van der Waals surface area (Å²) in [6, 6.07) is 0.